The maximum absolute atomic E-state index is 14.1. The van der Waals surface area contributed by atoms with Crippen molar-refractivity contribution >= 4 is 31.5 Å². The van der Waals surface area contributed by atoms with Crippen LogP contribution in [0.2, 0.25) is 0 Å². The molecule has 0 atom stereocenters. The van der Waals surface area contributed by atoms with Crippen molar-refractivity contribution in [3.8, 4) is 11.8 Å². The Morgan fingerprint density at radius 3 is 2.81 bits per heavy atom. The van der Waals surface area contributed by atoms with Gasteiger partial charge < -0.3 is 14.7 Å². The molecule has 7 nitrogen and oxygen atoms in total. The molecule has 3 rings (SSSR count). The Hall–Kier alpha value is -2.60. The molecule has 0 aliphatic carbocycles. The van der Waals surface area contributed by atoms with E-state index in [0.29, 0.717) is 5.39 Å². The molecule has 0 amide bonds. The molecule has 1 aliphatic heterocycles. The number of sulfone groups is 1. The normalized spacial score (nSPS) is 15.9. The molecule has 2 heterocycles. The topological polar surface area (TPSA) is 93.8 Å². The van der Waals surface area contributed by atoms with E-state index in [9.17, 15) is 12.8 Å². The fraction of sp³-hybridized carbons (Fsp3) is 0.412. The number of nitrogens with zero attached hydrogens (tertiary/aromatic N) is 2. The second-order valence-electron chi connectivity index (χ2n) is 6.51. The Morgan fingerprint density at radius 1 is 1.38 bits per heavy atom. The second kappa shape index (κ2) is 6.61. The van der Waals surface area contributed by atoms with Crippen LogP contribution >= 0.6 is 0 Å². The van der Waals surface area contributed by atoms with E-state index in [2.05, 4.69) is 27.5 Å². The Balaban J connectivity index is 1.90. The fourth-order valence-electron chi connectivity index (χ4n) is 2.51. The molecule has 0 saturated heterocycles. The predicted octanol–water partition coefficient (Wildman–Crippen LogP) is 2.83. The maximum atomic E-state index is 14.1. The predicted molar refractivity (Wildman–Crippen MR) is 95.7 cm³/mol. The summed E-state index contributed by atoms with van der Waals surface area (Å²) in [5.74, 6) is 4.53. The Kier molecular flexibility index (Phi) is 4.63. The first kappa shape index (κ1) is 18.2. The number of halogens is 1. The molecule has 9 heteroatoms. The molecule has 1 aromatic carbocycles. The van der Waals surface area contributed by atoms with Gasteiger partial charge in [0.2, 0.25) is 9.84 Å². The highest BCUT2D eigenvalue weighted by atomic mass is 32.2. The smallest absolute Gasteiger partial charge is 0.200 e. The number of hydrogen-bond acceptors (Lipinski definition) is 7. The Bertz CT molecular complexity index is 1050. The third kappa shape index (κ3) is 3.65. The van der Waals surface area contributed by atoms with Crippen LogP contribution < -0.4 is 5.32 Å². The zero-order chi connectivity index (χ0) is 18.9. The van der Waals surface area contributed by atoms with Gasteiger partial charge in [-0.3, -0.25) is 0 Å². The van der Waals surface area contributed by atoms with Gasteiger partial charge in [-0.2, -0.15) is 0 Å². The highest BCUT2D eigenvalue weighted by molar-refractivity contribution is 8.05. The monoisotopic (exact) mass is 379 g/mol. The SMILES string of the molecule is CC#CCNc1cc2c(CS(=O)(=O)C3=NOC(C)(C)C3)noc2cc1F. The van der Waals surface area contributed by atoms with Crippen LogP contribution in [0.15, 0.2) is 21.8 Å². The van der Waals surface area contributed by atoms with Crippen LogP contribution in [0.4, 0.5) is 10.1 Å². The molecule has 0 bridgehead atoms. The first-order chi connectivity index (χ1) is 12.2. The maximum Gasteiger partial charge on any atom is 0.200 e. The van der Waals surface area contributed by atoms with Crippen molar-refractivity contribution < 1.29 is 22.2 Å². The Labute approximate surface area is 150 Å². The molecule has 0 unspecified atom stereocenters. The number of aromatic nitrogens is 1. The van der Waals surface area contributed by atoms with Gasteiger partial charge in [-0.25, -0.2) is 12.8 Å². The van der Waals surface area contributed by atoms with Gasteiger partial charge in [-0.05, 0) is 26.8 Å². The van der Waals surface area contributed by atoms with E-state index in [1.807, 2.05) is 0 Å². The summed E-state index contributed by atoms with van der Waals surface area (Å²) in [5, 5.41) is 10.7. The molecule has 0 radical (unpaired) electrons. The van der Waals surface area contributed by atoms with Gasteiger partial charge in [0.1, 0.15) is 22.9 Å². The third-order valence-electron chi connectivity index (χ3n) is 3.84. The lowest BCUT2D eigenvalue weighted by Gasteiger charge is -2.13. The van der Waals surface area contributed by atoms with E-state index in [0.717, 1.165) is 0 Å². The van der Waals surface area contributed by atoms with Crippen molar-refractivity contribution in [2.24, 2.45) is 5.16 Å². The summed E-state index contributed by atoms with van der Waals surface area (Å²) in [6.07, 6.45) is 0.183. The minimum absolute atomic E-state index is 0.0302. The van der Waals surface area contributed by atoms with Crippen LogP contribution in [0.3, 0.4) is 0 Å². The zero-order valence-electron chi connectivity index (χ0n) is 14.6. The van der Waals surface area contributed by atoms with E-state index in [1.165, 1.54) is 12.1 Å². The zero-order valence-corrected chi connectivity index (χ0v) is 15.4. The summed E-state index contributed by atoms with van der Waals surface area (Å²) in [7, 11) is -3.72. The first-order valence-corrected chi connectivity index (χ1v) is 9.56. The fourth-order valence-corrected chi connectivity index (χ4v) is 3.96. The minimum Gasteiger partial charge on any atom is -0.389 e. The Morgan fingerprint density at radius 2 is 2.15 bits per heavy atom. The summed E-state index contributed by atoms with van der Waals surface area (Å²) in [6.45, 7) is 5.46. The molecule has 1 aromatic heterocycles. The quantitative estimate of drug-likeness (QED) is 0.821. The largest absolute Gasteiger partial charge is 0.389 e. The van der Waals surface area contributed by atoms with E-state index in [4.69, 9.17) is 9.36 Å². The highest BCUT2D eigenvalue weighted by Gasteiger charge is 2.36. The molecule has 0 spiro atoms. The minimum atomic E-state index is -3.72. The van der Waals surface area contributed by atoms with Crippen LogP contribution in [0.5, 0.6) is 0 Å². The number of hydrogen-bond donors (Lipinski definition) is 1. The van der Waals surface area contributed by atoms with Crippen molar-refractivity contribution in [1.29, 1.82) is 0 Å². The third-order valence-corrected chi connectivity index (χ3v) is 5.43. The van der Waals surface area contributed by atoms with Crippen molar-refractivity contribution in [2.45, 2.75) is 38.5 Å². The van der Waals surface area contributed by atoms with Crippen molar-refractivity contribution in [3.05, 3.63) is 23.6 Å². The number of nitrogens with one attached hydrogen (secondary N) is 1. The first-order valence-electron chi connectivity index (χ1n) is 7.91. The van der Waals surface area contributed by atoms with E-state index >= 15 is 0 Å². The van der Waals surface area contributed by atoms with Gasteiger partial charge in [0.05, 0.1) is 12.2 Å². The van der Waals surface area contributed by atoms with Crippen molar-refractivity contribution in [3.63, 3.8) is 0 Å². The number of benzene rings is 1. The van der Waals surface area contributed by atoms with Crippen molar-refractivity contribution in [2.75, 3.05) is 11.9 Å². The van der Waals surface area contributed by atoms with Crippen LogP contribution in [-0.4, -0.2) is 30.8 Å². The number of fused-ring (bicyclic) bond motifs is 1. The van der Waals surface area contributed by atoms with E-state index < -0.39 is 27.0 Å². The lowest BCUT2D eigenvalue weighted by Crippen LogP contribution is -2.23. The number of rotatable bonds is 4. The van der Waals surface area contributed by atoms with Crippen LogP contribution in [0, 0.1) is 17.7 Å². The summed E-state index contributed by atoms with van der Waals surface area (Å²) < 4.78 is 44.3. The van der Waals surface area contributed by atoms with Gasteiger partial charge in [-0.15, -0.1) is 5.92 Å². The molecule has 26 heavy (non-hydrogen) atoms. The van der Waals surface area contributed by atoms with Crippen molar-refractivity contribution in [1.82, 2.24) is 5.16 Å². The molecule has 2 aromatic rings. The van der Waals surface area contributed by atoms with Crippen LogP contribution in [0.25, 0.3) is 11.0 Å². The van der Waals surface area contributed by atoms with Gasteiger partial charge in [0.15, 0.2) is 10.6 Å². The number of oxime groups is 1. The molecular formula is C17H18FN3O4S. The highest BCUT2D eigenvalue weighted by Crippen LogP contribution is 2.29. The molecular weight excluding hydrogens is 361 g/mol. The standard InChI is InChI=1S/C17H18FN3O4S/c1-4-5-6-19-13-7-11-14(20-24-15(11)8-12(13)18)10-26(22,23)16-9-17(2,3)25-21-16/h7-8,19H,6,9-10H2,1-3H3. The van der Waals surface area contributed by atoms with Gasteiger partial charge in [-0.1, -0.05) is 16.2 Å². The molecule has 138 valence electrons. The summed E-state index contributed by atoms with van der Waals surface area (Å²) >= 11 is 0. The molecule has 1 aliphatic rings. The molecule has 1 N–H and O–H groups in total. The lowest BCUT2D eigenvalue weighted by atomic mass is 10.1. The summed E-state index contributed by atoms with van der Waals surface area (Å²) in [6, 6.07) is 2.64. The summed E-state index contributed by atoms with van der Waals surface area (Å²) in [4.78, 5) is 5.13. The van der Waals surface area contributed by atoms with E-state index in [-0.39, 0.29) is 35.0 Å². The van der Waals surface area contributed by atoms with Crippen LogP contribution in [-0.2, 0) is 20.4 Å². The lowest BCUT2D eigenvalue weighted by molar-refractivity contribution is 0.0123. The average Bonchev–Trinajstić information content (AvgIpc) is 3.11. The van der Waals surface area contributed by atoms with Gasteiger partial charge in [0, 0.05) is 17.9 Å². The number of anilines is 1. The van der Waals surface area contributed by atoms with E-state index in [1.54, 1.807) is 20.8 Å². The van der Waals surface area contributed by atoms with Crippen LogP contribution in [0.1, 0.15) is 32.9 Å². The van der Waals surface area contributed by atoms with Gasteiger partial charge >= 0.3 is 0 Å². The average molecular weight is 379 g/mol. The summed E-state index contributed by atoms with van der Waals surface area (Å²) in [5.41, 5.74) is -0.0963. The van der Waals surface area contributed by atoms with Gasteiger partial charge in [0.25, 0.3) is 0 Å². The second-order valence-corrected chi connectivity index (χ2v) is 8.50. The molecule has 0 saturated carbocycles. The molecule has 0 fully saturated rings.